The van der Waals surface area contributed by atoms with Gasteiger partial charge in [-0.2, -0.15) is 87.8 Å². The summed E-state index contributed by atoms with van der Waals surface area (Å²) in [5.74, 6) is -90.1. The summed E-state index contributed by atoms with van der Waals surface area (Å²) in [5, 5.41) is 0. The molecule has 250 valence electrons. The molecule has 0 fully saturated rings. The molecule has 0 spiro atoms. The molecule has 0 unspecified atom stereocenters. The highest BCUT2D eigenvalue weighted by molar-refractivity contribution is 5.90. The van der Waals surface area contributed by atoms with Crippen molar-refractivity contribution in [3.05, 3.63) is 0 Å². The molecule has 2 amide bonds. The minimum atomic E-state index is -8.45. The van der Waals surface area contributed by atoms with Crippen LogP contribution in [0.4, 0.5) is 105 Å². The van der Waals surface area contributed by atoms with Gasteiger partial charge in [0, 0.05) is 0 Å². The molecule has 0 aromatic heterocycles. The molecular weight excluding hydrogens is 684 g/mol. The third-order valence-electron chi connectivity index (χ3n) is 4.61. The molecule has 28 heteroatoms. The molecule has 0 aromatic carbocycles. The van der Waals surface area contributed by atoms with Crippen molar-refractivity contribution in [3.8, 4) is 0 Å². The van der Waals surface area contributed by atoms with Crippen LogP contribution in [0.1, 0.15) is 0 Å². The third kappa shape index (κ3) is 5.07. The fourth-order valence-corrected chi connectivity index (χ4v) is 2.04. The summed E-state index contributed by atoms with van der Waals surface area (Å²) in [4.78, 5) is 21.9. The summed E-state index contributed by atoms with van der Waals surface area (Å²) in [6.45, 7) is 0. The lowest BCUT2D eigenvalue weighted by molar-refractivity contribution is -0.407. The molecule has 0 heterocycles. The number of hydrogen-bond acceptors (Lipinski definition) is 2. The van der Waals surface area contributed by atoms with Crippen LogP contribution in [0, 0.1) is 0 Å². The second kappa shape index (κ2) is 10.5. The Morgan fingerprint density at radius 3 is 0.714 bits per heavy atom. The van der Waals surface area contributed by atoms with Crippen molar-refractivity contribution in [1.29, 1.82) is 0 Å². The van der Waals surface area contributed by atoms with Gasteiger partial charge in [-0.05, 0) is 0 Å². The Balaban J connectivity index is 6.35. The van der Waals surface area contributed by atoms with Crippen LogP contribution in [0.5, 0.6) is 0 Å². The van der Waals surface area contributed by atoms with Crippen LogP contribution in [-0.2, 0) is 9.59 Å². The van der Waals surface area contributed by atoms with E-state index in [-0.39, 0.29) is 0 Å². The zero-order chi connectivity index (χ0) is 34.7. The van der Waals surface area contributed by atoms with E-state index in [1.165, 1.54) is 0 Å². The molecule has 0 bridgehead atoms. The van der Waals surface area contributed by atoms with Crippen molar-refractivity contribution in [2.24, 2.45) is 0 Å². The Morgan fingerprint density at radius 2 is 0.548 bits per heavy atom. The van der Waals surface area contributed by atoms with Crippen LogP contribution >= 0.6 is 0 Å². The smallest absolute Gasteiger partial charge is 0.266 e. The van der Waals surface area contributed by atoms with Gasteiger partial charge in [-0.3, -0.25) is 20.4 Å². The van der Waals surface area contributed by atoms with Crippen LogP contribution in [0.15, 0.2) is 0 Å². The van der Waals surface area contributed by atoms with Crippen molar-refractivity contribution >= 4 is 11.8 Å². The molecule has 4 nitrogen and oxygen atoms in total. The Kier molecular flexibility index (Phi) is 9.78. The number of amides is 2. The molecule has 0 saturated heterocycles. The SMILES string of the molecule is O=C(NNC(=O)C(F)(F)C(F)(F)C(F)(F)C(F)(F)C(F)(F)C(F)F)C(F)(F)C(F)(F)C(F)(F)C(F)(F)C(F)(F)C(F)F. The first-order chi connectivity index (χ1) is 17.9. The second-order valence-corrected chi connectivity index (χ2v) is 7.35. The van der Waals surface area contributed by atoms with E-state index < -0.39 is 94.7 Å². The lowest BCUT2D eigenvalue weighted by atomic mass is 9.94. The van der Waals surface area contributed by atoms with Gasteiger partial charge in [0.05, 0.1) is 0 Å². The van der Waals surface area contributed by atoms with Crippen LogP contribution in [0.3, 0.4) is 0 Å². The van der Waals surface area contributed by atoms with Crippen LogP contribution in [0.25, 0.3) is 0 Å². The minimum absolute atomic E-state index is 0.766. The zero-order valence-electron chi connectivity index (χ0n) is 18.0. The predicted octanol–water partition coefficient (Wildman–Crippen LogP) is 6.02. The molecule has 42 heavy (non-hydrogen) atoms. The molecule has 0 atom stereocenters. The predicted molar refractivity (Wildman–Crippen MR) is 77.8 cm³/mol. The first-order valence-electron chi connectivity index (χ1n) is 8.89. The number of carbonyl (C=O) groups is 2. The number of alkyl halides is 24. The number of nitrogens with one attached hydrogen (secondary N) is 2. The van der Waals surface area contributed by atoms with Crippen LogP contribution in [-0.4, -0.2) is 83.9 Å². The summed E-state index contributed by atoms with van der Waals surface area (Å²) in [5.41, 5.74) is -1.53. The van der Waals surface area contributed by atoms with Crippen molar-refractivity contribution in [3.63, 3.8) is 0 Å². The number of halogens is 24. The number of hydrogen-bond donors (Lipinski definition) is 2. The van der Waals surface area contributed by atoms with Crippen molar-refractivity contribution < 1.29 is 115 Å². The van der Waals surface area contributed by atoms with Crippen LogP contribution < -0.4 is 10.9 Å². The fraction of sp³-hybridized carbons (Fsp3) is 0.857. The molecule has 0 rings (SSSR count). The normalized spacial score (nSPS) is 15.8. The maximum absolute atomic E-state index is 13.5. The first-order valence-corrected chi connectivity index (χ1v) is 8.89. The number of hydrazine groups is 1. The average molecular weight is 688 g/mol. The minimum Gasteiger partial charge on any atom is -0.266 e. The largest absolute Gasteiger partial charge is 0.394 e. The topological polar surface area (TPSA) is 58.2 Å². The zero-order valence-corrected chi connectivity index (χ0v) is 18.0. The van der Waals surface area contributed by atoms with Gasteiger partial charge < -0.3 is 0 Å². The summed E-state index contributed by atoms with van der Waals surface area (Å²) in [7, 11) is 0. The molecule has 2 N–H and O–H groups in total. The number of carbonyl (C=O) groups excluding carboxylic acids is 2. The summed E-state index contributed by atoms with van der Waals surface area (Å²) in [6.07, 6.45) is -12.0. The van der Waals surface area contributed by atoms with E-state index in [0.29, 0.717) is 0 Å². The van der Waals surface area contributed by atoms with Gasteiger partial charge in [-0.25, -0.2) is 17.6 Å². The van der Waals surface area contributed by atoms with Gasteiger partial charge in [0.25, 0.3) is 0 Å². The Morgan fingerprint density at radius 1 is 0.357 bits per heavy atom. The van der Waals surface area contributed by atoms with Gasteiger partial charge in [0.2, 0.25) is 0 Å². The summed E-state index contributed by atoms with van der Waals surface area (Å²) >= 11 is 0. The fourth-order valence-electron chi connectivity index (χ4n) is 2.04. The van der Waals surface area contributed by atoms with E-state index in [9.17, 15) is 115 Å². The van der Waals surface area contributed by atoms with E-state index in [1.807, 2.05) is 0 Å². The third-order valence-corrected chi connectivity index (χ3v) is 4.61. The van der Waals surface area contributed by atoms with E-state index in [2.05, 4.69) is 0 Å². The second-order valence-electron chi connectivity index (χ2n) is 7.35. The molecule has 0 aliphatic carbocycles. The number of rotatable bonds is 12. The van der Waals surface area contributed by atoms with E-state index in [4.69, 9.17) is 0 Å². The standard InChI is InChI=1S/C14H4F24N2O2/c15-1(16)5(19,20)9(27,28)13(35,36)11(31,32)7(23,24)3(41)39-40-4(42)8(25,26)12(33,34)14(37,38)10(29,30)6(21,22)2(17)18/h1-2H,(H,39,41)(H,40,42). The molecule has 0 aliphatic rings. The Labute approximate surface area is 211 Å². The maximum atomic E-state index is 13.5. The molecule has 0 radical (unpaired) electrons. The summed E-state index contributed by atoms with van der Waals surface area (Å²) < 4.78 is 311. The van der Waals surface area contributed by atoms with E-state index >= 15 is 0 Å². The Bertz CT molecular complexity index is 939. The molecule has 0 aromatic rings. The van der Waals surface area contributed by atoms with E-state index in [1.54, 1.807) is 0 Å². The maximum Gasteiger partial charge on any atom is 0.394 e. The Hall–Kier alpha value is -2.74. The summed E-state index contributed by atoms with van der Waals surface area (Å²) in [6, 6.07) is 0. The van der Waals surface area contributed by atoms with Crippen molar-refractivity contribution in [2.75, 3.05) is 0 Å². The van der Waals surface area contributed by atoms with Gasteiger partial charge >= 0.3 is 83.9 Å². The van der Waals surface area contributed by atoms with Crippen molar-refractivity contribution in [2.45, 2.75) is 72.1 Å². The van der Waals surface area contributed by atoms with Gasteiger partial charge in [0.15, 0.2) is 0 Å². The molecule has 0 saturated carbocycles. The highest BCUT2D eigenvalue weighted by Crippen LogP contribution is 2.59. The van der Waals surface area contributed by atoms with Gasteiger partial charge in [-0.15, -0.1) is 0 Å². The van der Waals surface area contributed by atoms with E-state index in [0.717, 1.165) is 0 Å². The highest BCUT2D eigenvalue weighted by Gasteiger charge is 2.90. The lowest BCUT2D eigenvalue weighted by Crippen LogP contribution is -2.73. The van der Waals surface area contributed by atoms with Crippen LogP contribution in [0.2, 0.25) is 0 Å². The average Bonchev–Trinajstić information content (AvgIpc) is 2.80. The highest BCUT2D eigenvalue weighted by atomic mass is 19.4. The van der Waals surface area contributed by atoms with Gasteiger partial charge in [0.1, 0.15) is 0 Å². The lowest BCUT2D eigenvalue weighted by Gasteiger charge is -2.39. The van der Waals surface area contributed by atoms with Crippen molar-refractivity contribution in [1.82, 2.24) is 10.9 Å². The molecular formula is C14H4F24N2O2. The van der Waals surface area contributed by atoms with Gasteiger partial charge in [-0.1, -0.05) is 0 Å². The quantitative estimate of drug-likeness (QED) is 0.195. The first kappa shape index (κ1) is 39.3. The molecule has 0 aliphatic heterocycles. The monoisotopic (exact) mass is 688 g/mol.